The molecule has 3 heterocycles. The van der Waals surface area contributed by atoms with E-state index in [0.717, 1.165) is 65.9 Å². The van der Waals surface area contributed by atoms with Crippen molar-refractivity contribution in [3.63, 3.8) is 0 Å². The highest BCUT2D eigenvalue weighted by Crippen LogP contribution is 2.43. The fourth-order valence-electron chi connectivity index (χ4n) is 7.97. The Bertz CT molecular complexity index is 3030. The Balaban J connectivity index is 1.25. The maximum absolute atomic E-state index is 14.6. The van der Waals surface area contributed by atoms with Crippen LogP contribution in [0.25, 0.3) is 88.5 Å². The van der Waals surface area contributed by atoms with Gasteiger partial charge in [-0.05, 0) is 89.0 Å². The van der Waals surface area contributed by atoms with E-state index >= 15 is 0 Å². The SMILES string of the molecule is FC(F)(F)c1ccc(-n2c3ccccc3c3cc(-c4ccccc4)ccc32)c(-c2ncccc2-n2c3ccccc3c3cc(-c4ccccc4)ccc32)c1. The molecule has 3 nitrogen and oxygen atoms in total. The summed E-state index contributed by atoms with van der Waals surface area (Å²) in [6.07, 6.45) is -2.91. The van der Waals surface area contributed by atoms with Crippen molar-refractivity contribution in [3.8, 4) is 44.9 Å². The topological polar surface area (TPSA) is 22.8 Å². The van der Waals surface area contributed by atoms with Crippen LogP contribution in [-0.2, 0) is 6.18 Å². The van der Waals surface area contributed by atoms with Gasteiger partial charge in [-0.1, -0.05) is 109 Å². The Labute approximate surface area is 308 Å². The minimum Gasteiger partial charge on any atom is -0.309 e. The third-order valence-corrected chi connectivity index (χ3v) is 10.4. The summed E-state index contributed by atoms with van der Waals surface area (Å²) >= 11 is 0. The minimum atomic E-state index is -4.56. The molecule has 10 aromatic rings. The summed E-state index contributed by atoms with van der Waals surface area (Å²) in [6.45, 7) is 0. The quantitative estimate of drug-likeness (QED) is 0.175. The van der Waals surface area contributed by atoms with E-state index in [0.29, 0.717) is 22.6 Å². The zero-order chi connectivity index (χ0) is 36.4. The van der Waals surface area contributed by atoms with Gasteiger partial charge < -0.3 is 9.13 Å². The Morgan fingerprint density at radius 2 is 0.889 bits per heavy atom. The fraction of sp³-hybridized carbons (Fsp3) is 0.0208. The summed E-state index contributed by atoms with van der Waals surface area (Å²) in [5.41, 5.74) is 9.36. The number of rotatable bonds is 5. The van der Waals surface area contributed by atoms with Crippen LogP contribution in [0.15, 0.2) is 182 Å². The summed E-state index contributed by atoms with van der Waals surface area (Å²) < 4.78 is 48.0. The minimum absolute atomic E-state index is 0.377. The predicted molar refractivity (Wildman–Crippen MR) is 214 cm³/mol. The van der Waals surface area contributed by atoms with Gasteiger partial charge in [0.25, 0.3) is 0 Å². The summed E-state index contributed by atoms with van der Waals surface area (Å²) in [6, 6.07) is 57.1. The Morgan fingerprint density at radius 1 is 0.389 bits per heavy atom. The van der Waals surface area contributed by atoms with Gasteiger partial charge in [-0.25, -0.2) is 0 Å². The highest BCUT2D eigenvalue weighted by atomic mass is 19.4. The lowest BCUT2D eigenvalue weighted by Crippen LogP contribution is -2.08. The van der Waals surface area contributed by atoms with E-state index in [1.807, 2.05) is 78.9 Å². The summed E-state index contributed by atoms with van der Waals surface area (Å²) in [7, 11) is 0. The van der Waals surface area contributed by atoms with Gasteiger partial charge in [0.05, 0.1) is 44.7 Å². The van der Waals surface area contributed by atoms with Crippen LogP contribution < -0.4 is 0 Å². The van der Waals surface area contributed by atoms with E-state index in [4.69, 9.17) is 4.98 Å². The molecule has 0 aliphatic rings. The van der Waals surface area contributed by atoms with Gasteiger partial charge in [0.15, 0.2) is 0 Å². The highest BCUT2D eigenvalue weighted by molar-refractivity contribution is 6.12. The molecule has 6 heteroatoms. The molecular formula is C48H30F3N3. The van der Waals surface area contributed by atoms with E-state index in [9.17, 15) is 13.2 Å². The zero-order valence-corrected chi connectivity index (χ0v) is 28.8. The Hall–Kier alpha value is -6.92. The monoisotopic (exact) mass is 705 g/mol. The second-order valence-electron chi connectivity index (χ2n) is 13.5. The van der Waals surface area contributed by atoms with Crippen LogP contribution in [0.3, 0.4) is 0 Å². The first-order valence-electron chi connectivity index (χ1n) is 17.8. The largest absolute Gasteiger partial charge is 0.416 e. The van der Waals surface area contributed by atoms with Gasteiger partial charge in [0.2, 0.25) is 0 Å². The van der Waals surface area contributed by atoms with Crippen LogP contribution in [-0.4, -0.2) is 14.1 Å². The molecular weight excluding hydrogens is 676 g/mol. The van der Waals surface area contributed by atoms with Gasteiger partial charge in [-0.15, -0.1) is 0 Å². The standard InChI is InChI=1S/C48H30F3N3/c49-48(50,51)35-23-26-45(53-41-18-9-7-16-36(41)38-28-33(21-24-43(38)53)31-12-3-1-4-13-31)40(30-35)47-46(20-11-27-52-47)54-42-19-10-8-17-37(42)39-29-34(22-25-44(39)54)32-14-5-2-6-15-32/h1-30H. The van der Waals surface area contributed by atoms with Crippen molar-refractivity contribution in [1.82, 2.24) is 14.1 Å². The first-order chi connectivity index (χ1) is 26.4. The first-order valence-corrected chi connectivity index (χ1v) is 17.8. The Morgan fingerprint density at radius 3 is 1.44 bits per heavy atom. The molecule has 258 valence electrons. The van der Waals surface area contributed by atoms with Gasteiger partial charge >= 0.3 is 6.18 Å². The van der Waals surface area contributed by atoms with Crippen LogP contribution >= 0.6 is 0 Å². The number of halogens is 3. The smallest absolute Gasteiger partial charge is 0.309 e. The molecule has 0 bridgehead atoms. The average molecular weight is 706 g/mol. The summed E-state index contributed by atoms with van der Waals surface area (Å²) in [5.74, 6) is 0. The lowest BCUT2D eigenvalue weighted by atomic mass is 10.0. The molecule has 0 atom stereocenters. The van der Waals surface area contributed by atoms with Crippen LogP contribution in [0.1, 0.15) is 5.56 Å². The van der Waals surface area contributed by atoms with Gasteiger partial charge in [-0.2, -0.15) is 13.2 Å². The highest BCUT2D eigenvalue weighted by Gasteiger charge is 2.32. The molecule has 0 N–H and O–H groups in total. The van der Waals surface area contributed by atoms with Crippen molar-refractivity contribution in [1.29, 1.82) is 0 Å². The molecule has 0 amide bonds. The van der Waals surface area contributed by atoms with Gasteiger partial charge in [0.1, 0.15) is 0 Å². The molecule has 0 aliphatic heterocycles. The van der Waals surface area contributed by atoms with Crippen molar-refractivity contribution in [2.45, 2.75) is 6.18 Å². The van der Waals surface area contributed by atoms with E-state index in [1.54, 1.807) is 12.3 Å². The van der Waals surface area contributed by atoms with Crippen molar-refractivity contribution in [3.05, 3.63) is 188 Å². The second kappa shape index (κ2) is 12.3. The van der Waals surface area contributed by atoms with Crippen molar-refractivity contribution < 1.29 is 13.2 Å². The van der Waals surface area contributed by atoms with Crippen LogP contribution in [0.4, 0.5) is 13.2 Å². The first kappa shape index (κ1) is 31.8. The van der Waals surface area contributed by atoms with Crippen molar-refractivity contribution >= 4 is 43.6 Å². The lowest BCUT2D eigenvalue weighted by Gasteiger charge is -2.19. The fourth-order valence-corrected chi connectivity index (χ4v) is 7.97. The number of fused-ring (bicyclic) bond motifs is 6. The van der Waals surface area contributed by atoms with Crippen LogP contribution in [0.2, 0.25) is 0 Å². The van der Waals surface area contributed by atoms with E-state index in [2.05, 4.69) is 88.0 Å². The molecule has 0 saturated heterocycles. The molecule has 0 radical (unpaired) electrons. The number of hydrogen-bond acceptors (Lipinski definition) is 1. The number of para-hydroxylation sites is 2. The molecule has 0 fully saturated rings. The summed E-state index contributed by atoms with van der Waals surface area (Å²) in [5, 5.41) is 4.10. The van der Waals surface area contributed by atoms with Gasteiger partial charge in [0, 0.05) is 33.3 Å². The maximum Gasteiger partial charge on any atom is 0.416 e. The maximum atomic E-state index is 14.6. The number of benzene rings is 7. The molecule has 7 aromatic carbocycles. The average Bonchev–Trinajstić information content (AvgIpc) is 3.73. The molecule has 3 aromatic heterocycles. The second-order valence-corrected chi connectivity index (χ2v) is 13.5. The van der Waals surface area contributed by atoms with E-state index in [-0.39, 0.29) is 0 Å². The molecule has 0 unspecified atom stereocenters. The van der Waals surface area contributed by atoms with E-state index in [1.165, 1.54) is 12.1 Å². The van der Waals surface area contributed by atoms with Crippen molar-refractivity contribution in [2.24, 2.45) is 0 Å². The lowest BCUT2D eigenvalue weighted by molar-refractivity contribution is -0.137. The zero-order valence-electron chi connectivity index (χ0n) is 28.8. The summed E-state index contributed by atoms with van der Waals surface area (Å²) in [4.78, 5) is 4.89. The van der Waals surface area contributed by atoms with Gasteiger partial charge in [-0.3, -0.25) is 4.98 Å². The normalized spacial score (nSPS) is 12.0. The molecule has 0 saturated carbocycles. The number of alkyl halides is 3. The number of pyridine rings is 1. The number of hydrogen-bond donors (Lipinski definition) is 0. The molecule has 54 heavy (non-hydrogen) atoms. The number of nitrogens with zero attached hydrogens (tertiary/aromatic N) is 3. The van der Waals surface area contributed by atoms with Crippen molar-refractivity contribution in [2.75, 3.05) is 0 Å². The Kier molecular flexibility index (Phi) is 7.27. The van der Waals surface area contributed by atoms with Crippen LogP contribution in [0, 0.1) is 0 Å². The third kappa shape index (κ3) is 5.10. The molecule has 0 aliphatic carbocycles. The molecule has 10 rings (SSSR count). The molecule has 0 spiro atoms. The van der Waals surface area contributed by atoms with Crippen LogP contribution in [0.5, 0.6) is 0 Å². The number of aromatic nitrogens is 3. The third-order valence-electron chi connectivity index (χ3n) is 10.4. The predicted octanol–water partition coefficient (Wildman–Crippen LogP) is 13.3. The van der Waals surface area contributed by atoms with E-state index < -0.39 is 11.7 Å².